The lowest BCUT2D eigenvalue weighted by Crippen LogP contribution is -2.51. The van der Waals surface area contributed by atoms with Gasteiger partial charge in [-0.3, -0.25) is 0 Å². The van der Waals surface area contributed by atoms with Crippen LogP contribution in [0.5, 0.6) is 0 Å². The van der Waals surface area contributed by atoms with Crippen molar-refractivity contribution < 1.29 is 22.0 Å². The van der Waals surface area contributed by atoms with E-state index in [1.807, 2.05) is 6.07 Å². The van der Waals surface area contributed by atoms with Gasteiger partial charge in [0, 0.05) is 30.8 Å². The van der Waals surface area contributed by atoms with Crippen molar-refractivity contribution in [3.63, 3.8) is 0 Å². The molecule has 5 aromatic rings. The van der Waals surface area contributed by atoms with Crippen LogP contribution in [0.3, 0.4) is 0 Å². The third kappa shape index (κ3) is 4.69. The molecule has 0 amide bonds. The van der Waals surface area contributed by atoms with Crippen molar-refractivity contribution in [2.24, 2.45) is 12.5 Å². The van der Waals surface area contributed by atoms with Gasteiger partial charge in [-0.2, -0.15) is 13.2 Å². The van der Waals surface area contributed by atoms with Gasteiger partial charge in [0.2, 0.25) is 5.89 Å². The Morgan fingerprint density at radius 2 is 1.83 bits per heavy atom. The number of aryl methyl sites for hydroxylation is 1. The number of alkyl halides is 3. The first-order valence-electron chi connectivity index (χ1n) is 13.7. The molecular formula is C31H27F4N5O. The molecule has 1 N–H and O–H groups in total. The van der Waals surface area contributed by atoms with Crippen molar-refractivity contribution in [1.82, 2.24) is 25.1 Å². The molecule has 41 heavy (non-hydrogen) atoms. The van der Waals surface area contributed by atoms with Crippen LogP contribution in [-0.2, 0) is 19.8 Å². The largest absolute Gasteiger partial charge is 0.435 e. The third-order valence-corrected chi connectivity index (χ3v) is 8.58. The Labute approximate surface area is 233 Å². The topological polar surface area (TPSA) is 68.8 Å². The molecule has 6 nitrogen and oxygen atoms in total. The van der Waals surface area contributed by atoms with Crippen molar-refractivity contribution in [2.75, 3.05) is 0 Å². The fourth-order valence-electron chi connectivity index (χ4n) is 6.30. The molecular weight excluding hydrogens is 534 g/mol. The molecule has 210 valence electrons. The molecule has 7 rings (SSSR count). The highest BCUT2D eigenvalue weighted by Gasteiger charge is 2.47. The van der Waals surface area contributed by atoms with E-state index in [1.165, 1.54) is 37.7 Å². The van der Waals surface area contributed by atoms with E-state index in [0.717, 1.165) is 18.9 Å². The van der Waals surface area contributed by atoms with E-state index in [0.29, 0.717) is 51.6 Å². The number of nitrogens with zero attached hydrogens (tertiary/aromatic N) is 4. The van der Waals surface area contributed by atoms with E-state index in [-0.39, 0.29) is 17.0 Å². The summed E-state index contributed by atoms with van der Waals surface area (Å²) >= 11 is 0. The molecule has 2 aliphatic carbocycles. The number of hydrogen-bond acceptors (Lipinski definition) is 5. The van der Waals surface area contributed by atoms with Gasteiger partial charge in [-0.25, -0.2) is 9.37 Å². The first-order valence-corrected chi connectivity index (χ1v) is 13.7. The van der Waals surface area contributed by atoms with Crippen molar-refractivity contribution in [3.8, 4) is 34.0 Å². The van der Waals surface area contributed by atoms with Crippen LogP contribution in [0, 0.1) is 11.2 Å². The van der Waals surface area contributed by atoms with E-state index in [9.17, 15) is 17.6 Å². The van der Waals surface area contributed by atoms with Crippen LogP contribution in [0.1, 0.15) is 43.2 Å². The van der Waals surface area contributed by atoms with Crippen molar-refractivity contribution in [1.29, 1.82) is 0 Å². The minimum atomic E-state index is -4.60. The van der Waals surface area contributed by atoms with Gasteiger partial charge >= 0.3 is 6.18 Å². The zero-order chi connectivity index (χ0) is 28.4. The van der Waals surface area contributed by atoms with E-state index < -0.39 is 17.6 Å². The van der Waals surface area contributed by atoms with Crippen LogP contribution >= 0.6 is 0 Å². The van der Waals surface area contributed by atoms with Crippen LogP contribution in [0.25, 0.3) is 45.1 Å². The Morgan fingerprint density at radius 3 is 2.54 bits per heavy atom. The molecule has 2 aromatic heterocycles. The molecule has 2 fully saturated rings. The molecule has 0 atom stereocenters. The number of rotatable bonds is 6. The Bertz CT molecular complexity index is 1760. The summed E-state index contributed by atoms with van der Waals surface area (Å²) in [6.07, 6.45) is 2.93. The van der Waals surface area contributed by atoms with Gasteiger partial charge in [0.25, 0.3) is 0 Å². The molecule has 2 aliphatic rings. The Balaban J connectivity index is 1.23. The zero-order valence-corrected chi connectivity index (χ0v) is 22.3. The Morgan fingerprint density at radius 1 is 1.02 bits per heavy atom. The summed E-state index contributed by atoms with van der Waals surface area (Å²) < 4.78 is 64.0. The highest BCUT2D eigenvalue weighted by atomic mass is 19.4. The van der Waals surface area contributed by atoms with Gasteiger partial charge < -0.3 is 14.3 Å². The third-order valence-electron chi connectivity index (χ3n) is 8.58. The standard InChI is InChI=1S/C31H27F4N5O/c1-40-17-37-39-28(40)24-13-21(32)6-7-23(24)19-4-2-5-20(12-19)29-38-26-11-18(10-25(27(26)41-29)31(33,34)35)16-36-22-14-30(15-22)8-3-9-30/h2,4-7,10-13,17,22,36H,3,8-9,14-16H2,1H3. The molecule has 3 aromatic carbocycles. The predicted octanol–water partition coefficient (Wildman–Crippen LogP) is 7.54. The number of benzene rings is 3. The summed E-state index contributed by atoms with van der Waals surface area (Å²) in [7, 11) is 1.76. The van der Waals surface area contributed by atoms with E-state index in [4.69, 9.17) is 4.42 Å². The van der Waals surface area contributed by atoms with Crippen molar-refractivity contribution in [2.45, 2.75) is 50.9 Å². The minimum Gasteiger partial charge on any atom is -0.435 e. The molecule has 0 saturated heterocycles. The number of halogens is 4. The number of fused-ring (bicyclic) bond motifs is 1. The summed E-state index contributed by atoms with van der Waals surface area (Å²) in [5.74, 6) is 0.129. The Hall–Kier alpha value is -4.05. The monoisotopic (exact) mass is 561 g/mol. The predicted molar refractivity (Wildman–Crippen MR) is 146 cm³/mol. The summed E-state index contributed by atoms with van der Waals surface area (Å²) in [6, 6.07) is 14.6. The van der Waals surface area contributed by atoms with Gasteiger partial charge in [-0.1, -0.05) is 24.6 Å². The second-order valence-electron chi connectivity index (χ2n) is 11.4. The van der Waals surface area contributed by atoms with E-state index >= 15 is 0 Å². The molecule has 0 bridgehead atoms. The second kappa shape index (κ2) is 9.51. The molecule has 1 spiro atoms. The van der Waals surface area contributed by atoms with Gasteiger partial charge in [0.15, 0.2) is 11.4 Å². The number of aromatic nitrogens is 4. The van der Waals surface area contributed by atoms with Crippen LogP contribution in [0.15, 0.2) is 65.3 Å². The van der Waals surface area contributed by atoms with Crippen LogP contribution in [0.4, 0.5) is 17.6 Å². The van der Waals surface area contributed by atoms with Crippen LogP contribution < -0.4 is 5.32 Å². The molecule has 0 unspecified atom stereocenters. The van der Waals surface area contributed by atoms with E-state index in [1.54, 1.807) is 41.9 Å². The summed E-state index contributed by atoms with van der Waals surface area (Å²) in [6.45, 7) is 0.340. The molecule has 0 radical (unpaired) electrons. The number of hydrogen-bond donors (Lipinski definition) is 1. The van der Waals surface area contributed by atoms with Crippen molar-refractivity contribution >= 4 is 11.1 Å². The molecule has 2 saturated carbocycles. The summed E-state index contributed by atoms with van der Waals surface area (Å²) in [5.41, 5.74) is 2.45. The SMILES string of the molecule is Cn1cnnc1-c1cc(F)ccc1-c1cccc(-c2nc3cc(CNC4CC5(CCC5)C4)cc(C(F)(F)F)c3o2)c1. The average molecular weight is 562 g/mol. The first kappa shape index (κ1) is 25.9. The highest BCUT2D eigenvalue weighted by molar-refractivity contribution is 5.84. The van der Waals surface area contributed by atoms with Gasteiger partial charge in [0.1, 0.15) is 23.2 Å². The average Bonchev–Trinajstić information content (AvgIpc) is 3.52. The normalized spacial score (nSPS) is 16.7. The highest BCUT2D eigenvalue weighted by Crippen LogP contribution is 2.55. The van der Waals surface area contributed by atoms with Crippen molar-refractivity contribution in [3.05, 3.63) is 77.9 Å². The lowest BCUT2D eigenvalue weighted by Gasteiger charge is -2.54. The zero-order valence-electron chi connectivity index (χ0n) is 22.3. The Kier molecular flexibility index (Phi) is 6.01. The van der Waals surface area contributed by atoms with Gasteiger partial charge in [-0.05, 0) is 84.2 Å². The summed E-state index contributed by atoms with van der Waals surface area (Å²) in [5, 5.41) is 11.4. The number of nitrogens with one attached hydrogen (secondary N) is 1. The molecule has 0 aliphatic heterocycles. The lowest BCUT2D eigenvalue weighted by molar-refractivity contribution is -0.136. The second-order valence-corrected chi connectivity index (χ2v) is 11.4. The maximum absolute atomic E-state index is 14.2. The maximum atomic E-state index is 14.2. The number of oxazole rings is 1. The fourth-order valence-corrected chi connectivity index (χ4v) is 6.30. The van der Waals surface area contributed by atoms with Gasteiger partial charge in [0.05, 0.1) is 0 Å². The molecule has 2 heterocycles. The van der Waals surface area contributed by atoms with E-state index in [2.05, 4.69) is 20.5 Å². The quantitative estimate of drug-likeness (QED) is 0.217. The van der Waals surface area contributed by atoms with Gasteiger partial charge in [-0.15, -0.1) is 10.2 Å². The molecule has 10 heteroatoms. The van der Waals surface area contributed by atoms with Crippen LogP contribution in [0.2, 0.25) is 0 Å². The maximum Gasteiger partial charge on any atom is 0.420 e. The smallest absolute Gasteiger partial charge is 0.420 e. The summed E-state index contributed by atoms with van der Waals surface area (Å²) in [4.78, 5) is 4.48. The first-order chi connectivity index (χ1) is 19.7. The fraction of sp³-hybridized carbons (Fsp3) is 0.323. The lowest BCUT2D eigenvalue weighted by atomic mass is 9.54. The minimum absolute atomic E-state index is 0.0747. The van der Waals surface area contributed by atoms with Crippen LogP contribution in [-0.4, -0.2) is 25.8 Å².